The number of carbonyl (C=O) groups is 3. The molecule has 3 amide bonds. The summed E-state index contributed by atoms with van der Waals surface area (Å²) >= 11 is 0.968. The zero-order chi connectivity index (χ0) is 24.6. The molecule has 1 aromatic carbocycles. The van der Waals surface area contributed by atoms with Crippen LogP contribution in [0.3, 0.4) is 0 Å². The molecule has 1 unspecified atom stereocenters. The first-order chi connectivity index (χ1) is 17.0. The van der Waals surface area contributed by atoms with Gasteiger partial charge in [0.15, 0.2) is 0 Å². The maximum Gasteiger partial charge on any atom is 0.286 e. The first kappa shape index (κ1) is 25.2. The molecule has 1 aromatic heterocycles. The van der Waals surface area contributed by atoms with Gasteiger partial charge in [-0.3, -0.25) is 14.4 Å². The number of hydrogen-bond donors (Lipinski definition) is 2. The summed E-state index contributed by atoms with van der Waals surface area (Å²) in [7, 11) is 2.14. The second kappa shape index (κ2) is 12.2. The number of benzene rings is 1. The van der Waals surface area contributed by atoms with Crippen molar-refractivity contribution in [2.45, 2.75) is 19.3 Å². The number of nitrogens with zero attached hydrogens (tertiary/aromatic N) is 5. The van der Waals surface area contributed by atoms with Crippen LogP contribution in [0.4, 0.5) is 5.69 Å². The Morgan fingerprint density at radius 3 is 2.54 bits per heavy atom. The van der Waals surface area contributed by atoms with E-state index in [-0.39, 0.29) is 27.7 Å². The summed E-state index contributed by atoms with van der Waals surface area (Å²) in [5.74, 6) is -0.916. The molecule has 1 atom stereocenters. The van der Waals surface area contributed by atoms with Crippen molar-refractivity contribution in [3.63, 3.8) is 0 Å². The third-order valence-electron chi connectivity index (χ3n) is 6.46. The fraction of sp³-hybridized carbons (Fsp3) is 0.542. The molecule has 0 aliphatic carbocycles. The Bertz CT molecular complexity index is 1010. The summed E-state index contributed by atoms with van der Waals surface area (Å²) in [6.07, 6.45) is 2.43. The van der Waals surface area contributed by atoms with Crippen LogP contribution in [0, 0.1) is 5.92 Å². The number of likely N-dealkylation sites (N-methyl/N-ethyl adjacent to an activating group) is 1. The molecule has 2 saturated heterocycles. The van der Waals surface area contributed by atoms with Crippen LogP contribution >= 0.6 is 11.3 Å². The van der Waals surface area contributed by atoms with E-state index in [4.69, 9.17) is 0 Å². The average molecular weight is 500 g/mol. The highest BCUT2D eigenvalue weighted by Crippen LogP contribution is 2.21. The molecule has 188 valence electrons. The smallest absolute Gasteiger partial charge is 0.286 e. The Labute approximate surface area is 209 Å². The standard InChI is InChI=1S/C24H33N7O3S/c1-29-13-15-30(16-14-29)11-6-10-25-20(32)18-7-5-12-31(17-18)24(34)23-28-27-22(35-23)21(33)26-19-8-3-2-4-9-19/h2-4,8-9,18H,5-7,10-17H2,1H3,(H,25,32)(H,26,33). The number of aromatic nitrogens is 2. The van der Waals surface area contributed by atoms with Crippen molar-refractivity contribution in [2.75, 3.05) is 64.7 Å². The molecule has 11 heteroatoms. The summed E-state index contributed by atoms with van der Waals surface area (Å²) in [6.45, 7) is 6.88. The van der Waals surface area contributed by atoms with Gasteiger partial charge in [0.25, 0.3) is 11.8 Å². The molecule has 2 aliphatic rings. The minimum atomic E-state index is -0.403. The third-order valence-corrected chi connectivity index (χ3v) is 7.37. The molecular formula is C24H33N7O3S. The summed E-state index contributed by atoms with van der Waals surface area (Å²) in [6, 6.07) is 9.05. The molecule has 3 heterocycles. The van der Waals surface area contributed by atoms with Gasteiger partial charge in [-0.1, -0.05) is 29.5 Å². The van der Waals surface area contributed by atoms with E-state index in [9.17, 15) is 14.4 Å². The van der Waals surface area contributed by atoms with Gasteiger partial charge >= 0.3 is 0 Å². The van der Waals surface area contributed by atoms with E-state index in [0.29, 0.717) is 25.3 Å². The largest absolute Gasteiger partial charge is 0.356 e. The van der Waals surface area contributed by atoms with Crippen LogP contribution in [0.2, 0.25) is 0 Å². The zero-order valence-electron chi connectivity index (χ0n) is 20.1. The minimum Gasteiger partial charge on any atom is -0.356 e. The topological polar surface area (TPSA) is 111 Å². The lowest BCUT2D eigenvalue weighted by Gasteiger charge is -2.32. The van der Waals surface area contributed by atoms with Gasteiger partial charge in [0, 0.05) is 51.5 Å². The van der Waals surface area contributed by atoms with Crippen LogP contribution in [0.15, 0.2) is 30.3 Å². The van der Waals surface area contributed by atoms with Gasteiger partial charge in [0.2, 0.25) is 15.9 Å². The Morgan fingerprint density at radius 1 is 1.03 bits per heavy atom. The SMILES string of the molecule is CN1CCN(CCCNC(=O)C2CCCN(C(=O)c3nnc(C(=O)Nc4ccccc4)s3)C2)CC1. The van der Waals surface area contributed by atoms with Crippen LogP contribution in [-0.4, -0.2) is 102 Å². The summed E-state index contributed by atoms with van der Waals surface area (Å²) in [5, 5.41) is 13.9. The normalized spacial score (nSPS) is 19.3. The average Bonchev–Trinajstić information content (AvgIpc) is 3.38. The van der Waals surface area contributed by atoms with Crippen molar-refractivity contribution in [2.24, 2.45) is 5.92 Å². The van der Waals surface area contributed by atoms with Crippen molar-refractivity contribution in [3.8, 4) is 0 Å². The Hall–Kier alpha value is -2.89. The fourth-order valence-electron chi connectivity index (χ4n) is 4.35. The van der Waals surface area contributed by atoms with Crippen molar-refractivity contribution in [1.82, 2.24) is 30.2 Å². The maximum absolute atomic E-state index is 13.0. The Balaban J connectivity index is 1.22. The second-order valence-electron chi connectivity index (χ2n) is 9.11. The molecule has 2 aromatic rings. The maximum atomic E-state index is 13.0. The van der Waals surface area contributed by atoms with Crippen molar-refractivity contribution in [1.29, 1.82) is 0 Å². The van der Waals surface area contributed by atoms with E-state index in [1.807, 2.05) is 18.2 Å². The highest BCUT2D eigenvalue weighted by Gasteiger charge is 2.30. The van der Waals surface area contributed by atoms with Crippen molar-refractivity contribution in [3.05, 3.63) is 40.3 Å². The van der Waals surface area contributed by atoms with Gasteiger partial charge < -0.3 is 25.3 Å². The van der Waals surface area contributed by atoms with Crippen LogP contribution in [0.25, 0.3) is 0 Å². The van der Waals surface area contributed by atoms with Gasteiger partial charge in [0.05, 0.1) is 5.92 Å². The first-order valence-electron chi connectivity index (χ1n) is 12.2. The number of piperazine rings is 1. The molecule has 0 saturated carbocycles. The van der Waals surface area contributed by atoms with E-state index < -0.39 is 5.91 Å². The van der Waals surface area contributed by atoms with Crippen molar-refractivity contribution >= 4 is 34.7 Å². The monoisotopic (exact) mass is 499 g/mol. The number of rotatable bonds is 8. The highest BCUT2D eigenvalue weighted by atomic mass is 32.1. The van der Waals surface area contributed by atoms with E-state index >= 15 is 0 Å². The molecule has 2 fully saturated rings. The number of nitrogens with one attached hydrogen (secondary N) is 2. The quantitative estimate of drug-likeness (QED) is 0.528. The number of piperidine rings is 1. The van der Waals surface area contributed by atoms with E-state index in [1.54, 1.807) is 17.0 Å². The number of amides is 3. The zero-order valence-corrected chi connectivity index (χ0v) is 20.9. The molecule has 0 radical (unpaired) electrons. The summed E-state index contributed by atoms with van der Waals surface area (Å²) in [5.41, 5.74) is 0.647. The molecule has 4 rings (SSSR count). The lowest BCUT2D eigenvalue weighted by molar-refractivity contribution is -0.126. The van der Waals surface area contributed by atoms with Gasteiger partial charge in [-0.25, -0.2) is 0 Å². The predicted octanol–water partition coefficient (Wildman–Crippen LogP) is 1.40. The lowest BCUT2D eigenvalue weighted by Crippen LogP contribution is -2.46. The Kier molecular flexibility index (Phi) is 8.78. The first-order valence-corrected chi connectivity index (χ1v) is 13.0. The highest BCUT2D eigenvalue weighted by molar-refractivity contribution is 7.15. The number of likely N-dealkylation sites (tertiary alicyclic amines) is 1. The third kappa shape index (κ3) is 7.06. The Morgan fingerprint density at radius 2 is 1.77 bits per heavy atom. The summed E-state index contributed by atoms with van der Waals surface area (Å²) in [4.78, 5) is 44.5. The minimum absolute atomic E-state index is 0.000990. The van der Waals surface area contributed by atoms with Gasteiger partial charge in [-0.05, 0) is 45.0 Å². The molecule has 35 heavy (non-hydrogen) atoms. The molecular weight excluding hydrogens is 466 g/mol. The van der Waals surface area contributed by atoms with Crippen LogP contribution < -0.4 is 10.6 Å². The van der Waals surface area contributed by atoms with Gasteiger partial charge in [-0.15, -0.1) is 10.2 Å². The van der Waals surface area contributed by atoms with Gasteiger partial charge in [-0.2, -0.15) is 0 Å². The summed E-state index contributed by atoms with van der Waals surface area (Å²) < 4.78 is 0. The molecule has 0 spiro atoms. The predicted molar refractivity (Wildman–Crippen MR) is 134 cm³/mol. The van der Waals surface area contributed by atoms with Crippen LogP contribution in [-0.2, 0) is 4.79 Å². The van der Waals surface area contributed by atoms with Crippen LogP contribution in [0.5, 0.6) is 0 Å². The van der Waals surface area contributed by atoms with E-state index in [2.05, 4.69) is 37.7 Å². The molecule has 2 N–H and O–H groups in total. The van der Waals surface area contributed by atoms with Crippen molar-refractivity contribution < 1.29 is 14.4 Å². The number of hydrogen-bond acceptors (Lipinski definition) is 8. The van der Waals surface area contributed by atoms with Crippen LogP contribution in [0.1, 0.15) is 38.9 Å². The fourth-order valence-corrected chi connectivity index (χ4v) is 5.05. The molecule has 0 bridgehead atoms. The number of carbonyl (C=O) groups excluding carboxylic acids is 3. The lowest BCUT2D eigenvalue weighted by atomic mass is 9.97. The van der Waals surface area contributed by atoms with Gasteiger partial charge in [0.1, 0.15) is 0 Å². The number of para-hydroxylation sites is 1. The van der Waals surface area contributed by atoms with E-state index in [1.165, 1.54) is 0 Å². The molecule has 2 aliphatic heterocycles. The number of anilines is 1. The second-order valence-corrected chi connectivity index (χ2v) is 10.1. The molecule has 10 nitrogen and oxygen atoms in total. The van der Waals surface area contributed by atoms with E-state index in [0.717, 1.165) is 63.3 Å².